The average molecular weight is 267 g/mol. The summed E-state index contributed by atoms with van der Waals surface area (Å²) in [6.07, 6.45) is 6.24. The topological polar surface area (TPSA) is 68.8 Å². The highest BCUT2D eigenvalue weighted by Gasteiger charge is 2.16. The third-order valence-electron chi connectivity index (χ3n) is 3.54. The zero-order valence-electron chi connectivity index (χ0n) is 11.3. The number of hydrazine groups is 1. The van der Waals surface area contributed by atoms with Crippen molar-refractivity contribution in [1.29, 1.82) is 0 Å². The number of fused-ring (bicyclic) bond motifs is 1. The second kappa shape index (κ2) is 5.40. The van der Waals surface area contributed by atoms with Crippen LogP contribution in [0.2, 0.25) is 0 Å². The molecule has 1 atom stereocenters. The van der Waals surface area contributed by atoms with Gasteiger partial charge in [-0.25, -0.2) is 4.98 Å². The molecule has 3 rings (SSSR count). The Hall–Kier alpha value is -2.24. The second-order valence-electron chi connectivity index (χ2n) is 4.80. The van der Waals surface area contributed by atoms with Crippen molar-refractivity contribution in [3.8, 4) is 0 Å². The standard InChI is InChI=1S/C15H17N5/c1-20-9-8-17-14(20)10-13(19-16)15-12-5-3-2-4-11(12)6-7-18-15/h2-9,13,19H,10,16H2,1H3. The van der Waals surface area contributed by atoms with Gasteiger partial charge in [0.25, 0.3) is 0 Å². The number of hydrogen-bond donors (Lipinski definition) is 2. The smallest absolute Gasteiger partial charge is 0.110 e. The summed E-state index contributed by atoms with van der Waals surface area (Å²) in [6, 6.07) is 10.1. The maximum absolute atomic E-state index is 5.74. The van der Waals surface area contributed by atoms with Crippen LogP contribution in [0.5, 0.6) is 0 Å². The molecular formula is C15H17N5. The van der Waals surface area contributed by atoms with Crippen molar-refractivity contribution in [1.82, 2.24) is 20.0 Å². The molecule has 0 spiro atoms. The Bertz CT molecular complexity index is 714. The van der Waals surface area contributed by atoms with Crippen molar-refractivity contribution in [3.63, 3.8) is 0 Å². The van der Waals surface area contributed by atoms with E-state index >= 15 is 0 Å². The minimum Gasteiger partial charge on any atom is -0.338 e. The van der Waals surface area contributed by atoms with Gasteiger partial charge in [0.15, 0.2) is 0 Å². The fraction of sp³-hybridized carbons (Fsp3) is 0.200. The molecule has 0 radical (unpaired) electrons. The first kappa shape index (κ1) is 12.8. The number of benzene rings is 1. The van der Waals surface area contributed by atoms with Gasteiger partial charge in [-0.3, -0.25) is 16.3 Å². The van der Waals surface area contributed by atoms with Crippen molar-refractivity contribution in [2.24, 2.45) is 12.9 Å². The molecule has 0 aliphatic carbocycles. The van der Waals surface area contributed by atoms with Gasteiger partial charge in [-0.15, -0.1) is 0 Å². The minimum absolute atomic E-state index is 0.0674. The molecule has 0 fully saturated rings. The summed E-state index contributed by atoms with van der Waals surface area (Å²) in [4.78, 5) is 8.86. The molecule has 5 nitrogen and oxygen atoms in total. The van der Waals surface area contributed by atoms with Crippen LogP contribution in [0.15, 0.2) is 48.9 Å². The van der Waals surface area contributed by atoms with Crippen LogP contribution in [-0.2, 0) is 13.5 Å². The number of nitrogens with zero attached hydrogens (tertiary/aromatic N) is 3. The van der Waals surface area contributed by atoms with E-state index in [-0.39, 0.29) is 6.04 Å². The predicted octanol–water partition coefficient (Wildman–Crippen LogP) is 1.72. The summed E-state index contributed by atoms with van der Waals surface area (Å²) in [5.74, 6) is 6.71. The summed E-state index contributed by atoms with van der Waals surface area (Å²) < 4.78 is 2.00. The van der Waals surface area contributed by atoms with Gasteiger partial charge in [0.2, 0.25) is 0 Å². The lowest BCUT2D eigenvalue weighted by Gasteiger charge is -2.17. The first-order chi connectivity index (χ1) is 9.79. The molecular weight excluding hydrogens is 250 g/mol. The van der Waals surface area contributed by atoms with Gasteiger partial charge in [-0.1, -0.05) is 24.3 Å². The molecule has 102 valence electrons. The average Bonchev–Trinajstić information content (AvgIpc) is 2.89. The number of nitrogens with one attached hydrogen (secondary N) is 1. The number of nitrogens with two attached hydrogens (primary N) is 1. The highest BCUT2D eigenvalue weighted by molar-refractivity contribution is 5.84. The van der Waals surface area contributed by atoms with Crippen molar-refractivity contribution >= 4 is 10.8 Å². The fourth-order valence-corrected chi connectivity index (χ4v) is 2.43. The zero-order chi connectivity index (χ0) is 13.9. The van der Waals surface area contributed by atoms with Crippen LogP contribution in [0.1, 0.15) is 17.6 Å². The van der Waals surface area contributed by atoms with E-state index < -0.39 is 0 Å². The molecule has 2 aromatic heterocycles. The van der Waals surface area contributed by atoms with Gasteiger partial charge in [-0.2, -0.15) is 0 Å². The van der Waals surface area contributed by atoms with Gasteiger partial charge in [0.1, 0.15) is 5.82 Å². The Morgan fingerprint density at radius 2 is 2.05 bits per heavy atom. The van der Waals surface area contributed by atoms with E-state index in [1.165, 1.54) is 0 Å². The number of rotatable bonds is 4. The third-order valence-corrected chi connectivity index (χ3v) is 3.54. The second-order valence-corrected chi connectivity index (χ2v) is 4.80. The van der Waals surface area contributed by atoms with E-state index in [1.807, 2.05) is 42.2 Å². The summed E-state index contributed by atoms with van der Waals surface area (Å²) in [6.45, 7) is 0. The minimum atomic E-state index is -0.0674. The number of aryl methyl sites for hydroxylation is 1. The van der Waals surface area contributed by atoms with E-state index in [1.54, 1.807) is 6.20 Å². The van der Waals surface area contributed by atoms with Gasteiger partial charge in [0.05, 0.1) is 11.7 Å². The van der Waals surface area contributed by atoms with Crippen LogP contribution in [0.4, 0.5) is 0 Å². The molecule has 3 aromatic rings. The maximum atomic E-state index is 5.74. The third kappa shape index (κ3) is 2.29. The maximum Gasteiger partial charge on any atom is 0.110 e. The van der Waals surface area contributed by atoms with Crippen molar-refractivity contribution < 1.29 is 0 Å². The van der Waals surface area contributed by atoms with Crippen LogP contribution in [0.3, 0.4) is 0 Å². The molecule has 0 bridgehead atoms. The van der Waals surface area contributed by atoms with Crippen LogP contribution in [-0.4, -0.2) is 14.5 Å². The van der Waals surface area contributed by atoms with Gasteiger partial charge in [0, 0.05) is 37.4 Å². The SMILES string of the molecule is Cn1ccnc1CC(NN)c1nccc2ccccc12. The van der Waals surface area contributed by atoms with Crippen LogP contribution < -0.4 is 11.3 Å². The first-order valence-electron chi connectivity index (χ1n) is 6.55. The Labute approximate surface area is 117 Å². The first-order valence-corrected chi connectivity index (χ1v) is 6.55. The Morgan fingerprint density at radius 1 is 1.20 bits per heavy atom. The van der Waals surface area contributed by atoms with E-state index in [9.17, 15) is 0 Å². The molecule has 0 saturated heterocycles. The van der Waals surface area contributed by atoms with Crippen LogP contribution in [0.25, 0.3) is 10.8 Å². The molecule has 20 heavy (non-hydrogen) atoms. The molecule has 5 heteroatoms. The van der Waals surface area contributed by atoms with Crippen molar-refractivity contribution in [3.05, 3.63) is 60.4 Å². The van der Waals surface area contributed by atoms with E-state index in [2.05, 4.69) is 27.5 Å². The normalized spacial score (nSPS) is 12.7. The van der Waals surface area contributed by atoms with Crippen molar-refractivity contribution in [2.45, 2.75) is 12.5 Å². The Balaban J connectivity index is 2.01. The van der Waals surface area contributed by atoms with E-state index in [0.717, 1.165) is 22.3 Å². The lowest BCUT2D eigenvalue weighted by molar-refractivity contribution is 0.522. The Morgan fingerprint density at radius 3 is 2.80 bits per heavy atom. The molecule has 0 aliphatic rings. The summed E-state index contributed by atoms with van der Waals surface area (Å²) in [5.41, 5.74) is 3.81. The highest BCUT2D eigenvalue weighted by atomic mass is 15.2. The number of aromatic nitrogens is 3. The number of pyridine rings is 1. The van der Waals surface area contributed by atoms with Crippen LogP contribution >= 0.6 is 0 Å². The van der Waals surface area contributed by atoms with Crippen molar-refractivity contribution in [2.75, 3.05) is 0 Å². The van der Waals surface area contributed by atoms with Crippen LogP contribution in [0, 0.1) is 0 Å². The molecule has 0 aliphatic heterocycles. The van der Waals surface area contributed by atoms with E-state index in [4.69, 9.17) is 5.84 Å². The summed E-state index contributed by atoms with van der Waals surface area (Å²) in [7, 11) is 1.98. The molecule has 2 heterocycles. The quantitative estimate of drug-likeness (QED) is 0.558. The van der Waals surface area contributed by atoms with Gasteiger partial charge < -0.3 is 4.57 Å². The predicted molar refractivity (Wildman–Crippen MR) is 78.7 cm³/mol. The molecule has 1 unspecified atom stereocenters. The van der Waals surface area contributed by atoms with E-state index in [0.29, 0.717) is 6.42 Å². The fourth-order valence-electron chi connectivity index (χ4n) is 2.43. The highest BCUT2D eigenvalue weighted by Crippen LogP contribution is 2.23. The zero-order valence-corrected chi connectivity index (χ0v) is 11.3. The largest absolute Gasteiger partial charge is 0.338 e. The lowest BCUT2D eigenvalue weighted by Crippen LogP contribution is -2.31. The van der Waals surface area contributed by atoms with Gasteiger partial charge in [-0.05, 0) is 11.5 Å². The summed E-state index contributed by atoms with van der Waals surface area (Å²) in [5, 5.41) is 2.28. The lowest BCUT2D eigenvalue weighted by atomic mass is 10.0. The summed E-state index contributed by atoms with van der Waals surface area (Å²) >= 11 is 0. The molecule has 0 saturated carbocycles. The number of hydrogen-bond acceptors (Lipinski definition) is 4. The molecule has 3 N–H and O–H groups in total. The molecule has 1 aromatic carbocycles. The Kier molecular flexibility index (Phi) is 3.45. The monoisotopic (exact) mass is 267 g/mol. The molecule has 0 amide bonds. The number of imidazole rings is 1. The van der Waals surface area contributed by atoms with Gasteiger partial charge >= 0.3 is 0 Å².